The number of aromatic hydroxyl groups is 1. The molecule has 0 aromatic heterocycles. The molecule has 222 valence electrons. The van der Waals surface area contributed by atoms with Crippen LogP contribution >= 0.6 is 0 Å². The molecule has 3 amide bonds. The van der Waals surface area contributed by atoms with Gasteiger partial charge in [0.2, 0.25) is 0 Å². The van der Waals surface area contributed by atoms with Gasteiger partial charge in [-0.05, 0) is 73.0 Å². The highest BCUT2D eigenvalue weighted by atomic mass is 16.5. The molecule has 4 aromatic carbocycles. The Labute approximate surface area is 249 Å². The quantitative estimate of drug-likeness (QED) is 0.111. The Morgan fingerprint density at radius 2 is 1.49 bits per heavy atom. The molecule has 0 radical (unpaired) electrons. The third-order valence-electron chi connectivity index (χ3n) is 6.96. The zero-order valence-corrected chi connectivity index (χ0v) is 24.1. The van der Waals surface area contributed by atoms with Gasteiger partial charge in [-0.3, -0.25) is 9.59 Å². The summed E-state index contributed by atoms with van der Waals surface area (Å²) in [5, 5.41) is 18.4. The Bertz CT molecular complexity index is 1620. The minimum Gasteiger partial charge on any atom is -0.507 e. The topological polar surface area (TPSA) is 152 Å². The lowest BCUT2D eigenvalue weighted by Gasteiger charge is -2.23. The molecule has 43 heavy (non-hydrogen) atoms. The van der Waals surface area contributed by atoms with Crippen molar-refractivity contribution in [1.29, 1.82) is 0 Å². The number of anilines is 3. The summed E-state index contributed by atoms with van der Waals surface area (Å²) < 4.78 is 11.0. The minimum atomic E-state index is -0.451. The number of phenols is 1. The van der Waals surface area contributed by atoms with Crippen LogP contribution in [0.15, 0.2) is 84.9 Å². The smallest absolute Gasteiger partial charge is 0.323 e. The SMILES string of the molecule is COc1cc(C(C)=O)c(C(CCNC(=O)c2ccccc2O)c2ccc(NC(=O)Nc3ccccc3N)cc2)cc1OC. The molecule has 4 aromatic rings. The van der Waals surface area contributed by atoms with Crippen molar-refractivity contribution in [2.24, 2.45) is 0 Å². The van der Waals surface area contributed by atoms with Crippen molar-refractivity contribution in [3.63, 3.8) is 0 Å². The van der Waals surface area contributed by atoms with E-state index < -0.39 is 11.9 Å². The van der Waals surface area contributed by atoms with E-state index in [-0.39, 0.29) is 29.6 Å². The number of Topliss-reactive ketones (excluding diaryl/α,β-unsaturated/α-hetero) is 1. The fourth-order valence-electron chi connectivity index (χ4n) is 4.77. The van der Waals surface area contributed by atoms with Crippen LogP contribution in [0.25, 0.3) is 0 Å². The number of hydrogen-bond donors (Lipinski definition) is 5. The fourth-order valence-corrected chi connectivity index (χ4v) is 4.77. The monoisotopic (exact) mass is 582 g/mol. The van der Waals surface area contributed by atoms with E-state index in [1.54, 1.807) is 66.7 Å². The van der Waals surface area contributed by atoms with Gasteiger partial charge in [-0.25, -0.2) is 4.79 Å². The van der Waals surface area contributed by atoms with Gasteiger partial charge in [0.05, 0.1) is 31.2 Å². The van der Waals surface area contributed by atoms with Crippen molar-refractivity contribution in [3.8, 4) is 17.2 Å². The van der Waals surface area contributed by atoms with Crippen molar-refractivity contribution < 1.29 is 29.0 Å². The van der Waals surface area contributed by atoms with Crippen LogP contribution < -0.4 is 31.2 Å². The van der Waals surface area contributed by atoms with E-state index >= 15 is 0 Å². The first-order chi connectivity index (χ1) is 20.7. The number of benzene rings is 4. The van der Waals surface area contributed by atoms with E-state index in [0.717, 1.165) is 5.56 Å². The average molecular weight is 583 g/mol. The number of rotatable bonds is 11. The zero-order chi connectivity index (χ0) is 30.9. The van der Waals surface area contributed by atoms with Gasteiger partial charge in [0.25, 0.3) is 5.91 Å². The van der Waals surface area contributed by atoms with Gasteiger partial charge in [-0.1, -0.05) is 36.4 Å². The number of carbonyl (C=O) groups excluding carboxylic acids is 3. The van der Waals surface area contributed by atoms with Crippen molar-refractivity contribution in [1.82, 2.24) is 5.32 Å². The average Bonchev–Trinajstić information content (AvgIpc) is 3.00. The Hall–Kier alpha value is -5.51. The summed E-state index contributed by atoms with van der Waals surface area (Å²) >= 11 is 0. The maximum Gasteiger partial charge on any atom is 0.323 e. The summed E-state index contributed by atoms with van der Waals surface area (Å²) in [7, 11) is 3.02. The Morgan fingerprint density at radius 3 is 2.14 bits per heavy atom. The van der Waals surface area contributed by atoms with Crippen LogP contribution in [0.4, 0.5) is 21.9 Å². The van der Waals surface area contributed by atoms with Gasteiger partial charge >= 0.3 is 6.03 Å². The molecule has 0 saturated carbocycles. The van der Waals surface area contributed by atoms with Crippen molar-refractivity contribution in [3.05, 3.63) is 107 Å². The number of nitrogen functional groups attached to an aromatic ring is 1. The van der Waals surface area contributed by atoms with Crippen molar-refractivity contribution in [2.75, 3.05) is 37.1 Å². The molecule has 10 nitrogen and oxygen atoms in total. The minimum absolute atomic E-state index is 0.114. The first-order valence-electron chi connectivity index (χ1n) is 13.6. The molecule has 0 fully saturated rings. The number of urea groups is 1. The maximum atomic E-state index is 12.8. The first-order valence-corrected chi connectivity index (χ1v) is 13.6. The predicted molar refractivity (Wildman–Crippen MR) is 166 cm³/mol. The zero-order valence-electron chi connectivity index (χ0n) is 24.1. The normalized spacial score (nSPS) is 11.2. The summed E-state index contributed by atoms with van der Waals surface area (Å²) in [6, 6.07) is 23.4. The number of para-hydroxylation sites is 3. The van der Waals surface area contributed by atoms with Gasteiger partial charge in [0.1, 0.15) is 5.75 Å². The van der Waals surface area contributed by atoms with E-state index in [1.165, 1.54) is 27.2 Å². The van der Waals surface area contributed by atoms with Crippen molar-refractivity contribution in [2.45, 2.75) is 19.3 Å². The molecule has 0 saturated heterocycles. The number of phenolic OH excluding ortho intramolecular Hbond substituents is 1. The molecule has 6 N–H and O–H groups in total. The van der Waals surface area contributed by atoms with Gasteiger partial charge in [0, 0.05) is 23.7 Å². The number of methoxy groups -OCH3 is 2. The second-order valence-electron chi connectivity index (χ2n) is 9.75. The molecule has 0 bridgehead atoms. The van der Waals surface area contributed by atoms with Crippen LogP contribution in [-0.2, 0) is 0 Å². The summed E-state index contributed by atoms with van der Waals surface area (Å²) in [6.07, 6.45) is 0.412. The highest BCUT2D eigenvalue weighted by Gasteiger charge is 2.23. The highest BCUT2D eigenvalue weighted by molar-refractivity contribution is 6.01. The number of carbonyl (C=O) groups is 3. The van der Waals surface area contributed by atoms with Gasteiger partial charge in [-0.15, -0.1) is 0 Å². The Kier molecular flexibility index (Phi) is 9.85. The van der Waals surface area contributed by atoms with Gasteiger partial charge in [-0.2, -0.15) is 0 Å². The lowest BCUT2D eigenvalue weighted by Crippen LogP contribution is -2.26. The molecule has 0 aliphatic carbocycles. The number of nitrogens with one attached hydrogen (secondary N) is 3. The molecule has 1 unspecified atom stereocenters. The first kappa shape index (κ1) is 30.4. The predicted octanol–water partition coefficient (Wildman–Crippen LogP) is 5.79. The number of ether oxygens (including phenoxy) is 2. The summed E-state index contributed by atoms with van der Waals surface area (Å²) in [5.74, 6) is -0.156. The summed E-state index contributed by atoms with van der Waals surface area (Å²) in [4.78, 5) is 38.1. The standard InChI is InChI=1S/C33H34N4O6/c1-20(38)25-18-30(42-2)31(43-3)19-26(25)23(16-17-35-32(40)24-8-4-7-11-29(24)39)21-12-14-22(15-13-21)36-33(41)37-28-10-6-5-9-27(28)34/h4-15,18-19,23,39H,16-17,34H2,1-3H3,(H,35,40)(H2,36,37,41). The van der Waals surface area contributed by atoms with Gasteiger partial charge in [0.15, 0.2) is 17.3 Å². The summed E-state index contributed by atoms with van der Waals surface area (Å²) in [6.45, 7) is 1.72. The lowest BCUT2D eigenvalue weighted by atomic mass is 9.84. The Balaban J connectivity index is 1.61. The number of hydrogen-bond acceptors (Lipinski definition) is 7. The van der Waals surface area contributed by atoms with Crippen LogP contribution in [0, 0.1) is 0 Å². The van der Waals surface area contributed by atoms with Crippen LogP contribution in [0.5, 0.6) is 17.2 Å². The third-order valence-corrected chi connectivity index (χ3v) is 6.96. The second kappa shape index (κ2) is 13.9. The van der Waals surface area contributed by atoms with Gasteiger partial charge < -0.3 is 36.3 Å². The molecule has 4 rings (SSSR count). The molecule has 0 aliphatic heterocycles. The number of amides is 3. The van der Waals surface area contributed by atoms with Crippen LogP contribution in [0.3, 0.4) is 0 Å². The van der Waals surface area contributed by atoms with E-state index in [0.29, 0.717) is 46.1 Å². The Morgan fingerprint density at radius 1 is 0.837 bits per heavy atom. The second-order valence-corrected chi connectivity index (χ2v) is 9.75. The van der Waals surface area contributed by atoms with Crippen LogP contribution in [0.2, 0.25) is 0 Å². The summed E-state index contributed by atoms with van der Waals surface area (Å²) in [5.41, 5.74) is 9.56. The fraction of sp³-hybridized carbons (Fsp3) is 0.182. The molecule has 0 heterocycles. The van der Waals surface area contributed by atoms with E-state index in [2.05, 4.69) is 16.0 Å². The lowest BCUT2D eigenvalue weighted by molar-refractivity contribution is 0.0948. The number of ketones is 1. The van der Waals surface area contributed by atoms with E-state index in [1.807, 2.05) is 12.1 Å². The highest BCUT2D eigenvalue weighted by Crippen LogP contribution is 2.38. The van der Waals surface area contributed by atoms with Crippen molar-refractivity contribution >= 4 is 34.8 Å². The third kappa shape index (κ3) is 7.42. The van der Waals surface area contributed by atoms with Crippen LogP contribution in [0.1, 0.15) is 51.1 Å². The molecule has 0 spiro atoms. The van der Waals surface area contributed by atoms with Crippen LogP contribution in [-0.4, -0.2) is 43.6 Å². The molecule has 0 aliphatic rings. The largest absolute Gasteiger partial charge is 0.507 e. The molecule has 10 heteroatoms. The maximum absolute atomic E-state index is 12.8. The number of nitrogens with two attached hydrogens (primary N) is 1. The molecular formula is C33H34N4O6. The van der Waals surface area contributed by atoms with E-state index in [4.69, 9.17) is 15.2 Å². The molecular weight excluding hydrogens is 548 g/mol. The molecule has 1 atom stereocenters. The van der Waals surface area contributed by atoms with E-state index in [9.17, 15) is 19.5 Å².